The number of hydrogen-bond acceptors (Lipinski definition) is 3. The molecule has 0 aliphatic rings. The lowest BCUT2D eigenvalue weighted by Crippen LogP contribution is -2.39. The van der Waals surface area contributed by atoms with Crippen LogP contribution in [-0.2, 0) is 11.2 Å². The molecule has 0 aliphatic heterocycles. The Labute approximate surface area is 97.0 Å². The van der Waals surface area contributed by atoms with Crippen molar-refractivity contribution >= 4 is 27.3 Å². The van der Waals surface area contributed by atoms with Gasteiger partial charge in [0.15, 0.2) is 0 Å². The predicted octanol–water partition coefficient (Wildman–Crippen LogP) is 2.84. The number of aliphatic hydroxyl groups excluding tert-OH is 1. The van der Waals surface area contributed by atoms with Gasteiger partial charge in [0, 0.05) is 22.9 Å². The summed E-state index contributed by atoms with van der Waals surface area (Å²) >= 11 is 5.08. The van der Waals surface area contributed by atoms with Crippen molar-refractivity contribution in [2.75, 3.05) is 7.11 Å². The van der Waals surface area contributed by atoms with E-state index in [0.29, 0.717) is 6.42 Å². The van der Waals surface area contributed by atoms with Gasteiger partial charge in [0.1, 0.15) is 0 Å². The summed E-state index contributed by atoms with van der Waals surface area (Å²) in [6, 6.07) is 1.99. The maximum atomic E-state index is 9.93. The number of rotatable bonds is 4. The average Bonchev–Trinajstić information content (AvgIpc) is 2.52. The first-order chi connectivity index (χ1) is 6.47. The zero-order valence-electron chi connectivity index (χ0n) is 8.58. The van der Waals surface area contributed by atoms with Crippen LogP contribution in [0.25, 0.3) is 0 Å². The Morgan fingerprint density at radius 2 is 2.29 bits per heavy atom. The highest BCUT2D eigenvalue weighted by Crippen LogP contribution is 2.27. The molecule has 1 atom stereocenters. The van der Waals surface area contributed by atoms with Crippen molar-refractivity contribution in [1.82, 2.24) is 0 Å². The third-order valence-electron chi connectivity index (χ3n) is 2.40. The van der Waals surface area contributed by atoms with Crippen LogP contribution in [0.3, 0.4) is 0 Å². The van der Waals surface area contributed by atoms with Gasteiger partial charge in [-0.3, -0.25) is 0 Å². The Morgan fingerprint density at radius 3 is 2.71 bits per heavy atom. The molecule has 14 heavy (non-hydrogen) atoms. The Bertz CT molecular complexity index is 296. The van der Waals surface area contributed by atoms with Crippen LogP contribution in [0.15, 0.2) is 15.9 Å². The maximum Gasteiger partial charge on any atom is 0.0884 e. The SMILES string of the molecule is COC(C)(C)C(O)Cc1sccc1Br. The molecule has 1 heterocycles. The van der Waals surface area contributed by atoms with E-state index in [1.807, 2.05) is 25.3 Å². The van der Waals surface area contributed by atoms with E-state index in [1.165, 1.54) is 0 Å². The molecule has 4 heteroatoms. The van der Waals surface area contributed by atoms with Crippen LogP contribution >= 0.6 is 27.3 Å². The van der Waals surface area contributed by atoms with Gasteiger partial charge in [0.05, 0.1) is 11.7 Å². The molecule has 1 rings (SSSR count). The average molecular weight is 279 g/mol. The highest BCUT2D eigenvalue weighted by molar-refractivity contribution is 9.10. The minimum absolute atomic E-state index is 0.484. The van der Waals surface area contributed by atoms with Gasteiger partial charge >= 0.3 is 0 Å². The number of ether oxygens (including phenoxy) is 1. The molecule has 0 aliphatic carbocycles. The van der Waals surface area contributed by atoms with Gasteiger partial charge in [0.2, 0.25) is 0 Å². The van der Waals surface area contributed by atoms with Crippen LogP contribution in [0.1, 0.15) is 18.7 Å². The molecule has 1 aromatic heterocycles. The highest BCUT2D eigenvalue weighted by atomic mass is 79.9. The number of hydrogen-bond donors (Lipinski definition) is 1. The van der Waals surface area contributed by atoms with Crippen molar-refractivity contribution in [1.29, 1.82) is 0 Å². The molecule has 0 bridgehead atoms. The van der Waals surface area contributed by atoms with Crippen molar-refractivity contribution in [3.63, 3.8) is 0 Å². The second-order valence-electron chi connectivity index (χ2n) is 3.72. The molecule has 80 valence electrons. The predicted molar refractivity (Wildman–Crippen MR) is 62.8 cm³/mol. The first-order valence-electron chi connectivity index (χ1n) is 4.42. The summed E-state index contributed by atoms with van der Waals surface area (Å²) < 4.78 is 6.29. The third-order valence-corrected chi connectivity index (χ3v) is 4.35. The van der Waals surface area contributed by atoms with Gasteiger partial charge in [-0.05, 0) is 41.2 Å². The van der Waals surface area contributed by atoms with Crippen molar-refractivity contribution in [2.45, 2.75) is 32.0 Å². The number of aliphatic hydroxyl groups is 1. The molecule has 0 amide bonds. The largest absolute Gasteiger partial charge is 0.390 e. The van der Waals surface area contributed by atoms with E-state index < -0.39 is 11.7 Å². The first kappa shape index (κ1) is 12.2. The van der Waals surface area contributed by atoms with E-state index in [4.69, 9.17) is 4.74 Å². The summed E-state index contributed by atoms with van der Waals surface area (Å²) in [4.78, 5) is 1.16. The van der Waals surface area contributed by atoms with Crippen LogP contribution in [-0.4, -0.2) is 23.9 Å². The lowest BCUT2D eigenvalue weighted by molar-refractivity contribution is -0.0762. The fourth-order valence-corrected chi connectivity index (χ4v) is 2.58. The van der Waals surface area contributed by atoms with Gasteiger partial charge in [-0.1, -0.05) is 0 Å². The Balaban J connectivity index is 2.66. The minimum atomic E-state index is -0.497. The molecule has 0 spiro atoms. The molecule has 0 aromatic carbocycles. The fourth-order valence-electron chi connectivity index (χ4n) is 1.03. The van der Waals surface area contributed by atoms with Gasteiger partial charge in [0.25, 0.3) is 0 Å². The summed E-state index contributed by atoms with van der Waals surface area (Å²) in [5, 5.41) is 11.9. The van der Waals surface area contributed by atoms with E-state index in [-0.39, 0.29) is 0 Å². The third kappa shape index (κ3) is 2.79. The number of thiophene rings is 1. The number of methoxy groups -OCH3 is 1. The van der Waals surface area contributed by atoms with Gasteiger partial charge in [-0.25, -0.2) is 0 Å². The Hall–Kier alpha value is 0.100. The monoisotopic (exact) mass is 278 g/mol. The topological polar surface area (TPSA) is 29.5 Å². The van der Waals surface area contributed by atoms with Crippen LogP contribution in [0, 0.1) is 0 Å². The van der Waals surface area contributed by atoms with Crippen molar-refractivity contribution in [3.8, 4) is 0 Å². The van der Waals surface area contributed by atoms with Crippen LogP contribution in [0.5, 0.6) is 0 Å². The standard InChI is InChI=1S/C10H15BrO2S/c1-10(2,13-3)9(12)6-8-7(11)4-5-14-8/h4-5,9,12H,6H2,1-3H3. The van der Waals surface area contributed by atoms with Crippen LogP contribution in [0.2, 0.25) is 0 Å². The summed E-state index contributed by atoms with van der Waals surface area (Å²) in [5.41, 5.74) is -0.497. The molecule has 1 unspecified atom stereocenters. The minimum Gasteiger partial charge on any atom is -0.390 e. The van der Waals surface area contributed by atoms with E-state index in [9.17, 15) is 5.11 Å². The molecule has 1 N–H and O–H groups in total. The van der Waals surface area contributed by atoms with Crippen molar-refractivity contribution in [2.24, 2.45) is 0 Å². The summed E-state index contributed by atoms with van der Waals surface area (Å²) in [6.07, 6.45) is 0.140. The molecule has 0 fully saturated rings. The van der Waals surface area contributed by atoms with Crippen LogP contribution in [0.4, 0.5) is 0 Å². The lowest BCUT2D eigenvalue weighted by Gasteiger charge is -2.28. The molecule has 1 aromatic rings. The second kappa shape index (κ2) is 4.75. The molecule has 2 nitrogen and oxygen atoms in total. The van der Waals surface area contributed by atoms with E-state index in [0.717, 1.165) is 9.35 Å². The summed E-state index contributed by atoms with van der Waals surface area (Å²) in [7, 11) is 1.62. The van der Waals surface area contributed by atoms with Crippen molar-refractivity contribution < 1.29 is 9.84 Å². The fraction of sp³-hybridized carbons (Fsp3) is 0.600. The van der Waals surface area contributed by atoms with E-state index in [2.05, 4.69) is 15.9 Å². The van der Waals surface area contributed by atoms with Gasteiger partial charge < -0.3 is 9.84 Å². The zero-order chi connectivity index (χ0) is 10.8. The molecule has 0 saturated carbocycles. The molecular weight excluding hydrogens is 264 g/mol. The highest BCUT2D eigenvalue weighted by Gasteiger charge is 2.28. The smallest absolute Gasteiger partial charge is 0.0884 e. The van der Waals surface area contributed by atoms with Gasteiger partial charge in [-0.15, -0.1) is 11.3 Å². The lowest BCUT2D eigenvalue weighted by atomic mass is 9.98. The van der Waals surface area contributed by atoms with E-state index >= 15 is 0 Å². The quantitative estimate of drug-likeness (QED) is 0.918. The maximum absolute atomic E-state index is 9.93. The van der Waals surface area contributed by atoms with Crippen molar-refractivity contribution in [3.05, 3.63) is 20.8 Å². The molecule has 0 saturated heterocycles. The first-order valence-corrected chi connectivity index (χ1v) is 6.09. The van der Waals surface area contributed by atoms with E-state index in [1.54, 1.807) is 18.4 Å². The Kier molecular flexibility index (Phi) is 4.13. The molecular formula is C10H15BrO2S. The Morgan fingerprint density at radius 1 is 1.64 bits per heavy atom. The summed E-state index contributed by atoms with van der Waals surface area (Å²) in [5.74, 6) is 0. The second-order valence-corrected chi connectivity index (χ2v) is 5.57. The number of halogens is 1. The summed E-state index contributed by atoms with van der Waals surface area (Å²) in [6.45, 7) is 3.78. The van der Waals surface area contributed by atoms with Gasteiger partial charge in [-0.2, -0.15) is 0 Å². The zero-order valence-corrected chi connectivity index (χ0v) is 11.0. The molecule has 0 radical (unpaired) electrons. The van der Waals surface area contributed by atoms with Crippen LogP contribution < -0.4 is 0 Å². The normalized spacial score (nSPS) is 14.4.